The van der Waals surface area contributed by atoms with Gasteiger partial charge < -0.3 is 10.3 Å². The van der Waals surface area contributed by atoms with Gasteiger partial charge in [-0.15, -0.1) is 0 Å². The average molecular weight is 330 g/mol. The van der Waals surface area contributed by atoms with Crippen LogP contribution in [0.15, 0.2) is 51.7 Å². The van der Waals surface area contributed by atoms with E-state index in [-0.39, 0.29) is 0 Å². The van der Waals surface area contributed by atoms with Gasteiger partial charge in [0.05, 0.1) is 5.56 Å². The van der Waals surface area contributed by atoms with Crippen molar-refractivity contribution in [2.75, 3.05) is 5.73 Å². The third kappa shape index (κ3) is 2.10. The Labute approximate surface area is 124 Å². The molecule has 0 radical (unpaired) electrons. The standard InChI is InChI=1S/C15H12BrN3O/c1-9-11(3-2-4-12(9)16)14-13(15(17)20-19-14)10-5-7-18-8-6-10/h2-8H,17H2,1H3. The lowest BCUT2D eigenvalue weighted by Crippen LogP contribution is -1.90. The third-order valence-electron chi connectivity index (χ3n) is 3.21. The first kappa shape index (κ1) is 12.9. The van der Waals surface area contributed by atoms with E-state index in [1.54, 1.807) is 12.4 Å². The molecule has 5 heteroatoms. The van der Waals surface area contributed by atoms with Gasteiger partial charge in [-0.25, -0.2) is 0 Å². The second-order valence-corrected chi connectivity index (χ2v) is 5.27. The molecule has 0 saturated carbocycles. The van der Waals surface area contributed by atoms with Crippen molar-refractivity contribution in [2.24, 2.45) is 0 Å². The summed E-state index contributed by atoms with van der Waals surface area (Å²) in [4.78, 5) is 4.02. The maximum Gasteiger partial charge on any atom is 0.230 e. The molecule has 3 aromatic rings. The van der Waals surface area contributed by atoms with Crippen molar-refractivity contribution < 1.29 is 4.52 Å². The SMILES string of the molecule is Cc1c(Br)cccc1-c1noc(N)c1-c1ccncc1. The van der Waals surface area contributed by atoms with Crippen LogP contribution >= 0.6 is 15.9 Å². The molecular formula is C15H12BrN3O. The molecule has 0 aliphatic carbocycles. The van der Waals surface area contributed by atoms with Gasteiger partial charge in [0.25, 0.3) is 0 Å². The summed E-state index contributed by atoms with van der Waals surface area (Å²) in [5, 5.41) is 4.12. The number of rotatable bonds is 2. The number of aromatic nitrogens is 2. The predicted octanol–water partition coefficient (Wildman–Crippen LogP) is 4.06. The number of pyridine rings is 1. The highest BCUT2D eigenvalue weighted by Crippen LogP contribution is 2.38. The van der Waals surface area contributed by atoms with Crippen LogP contribution in [-0.2, 0) is 0 Å². The molecule has 2 N–H and O–H groups in total. The van der Waals surface area contributed by atoms with Crippen molar-refractivity contribution in [2.45, 2.75) is 6.92 Å². The number of hydrogen-bond acceptors (Lipinski definition) is 4. The van der Waals surface area contributed by atoms with Crippen LogP contribution in [0, 0.1) is 6.92 Å². The zero-order valence-electron chi connectivity index (χ0n) is 10.8. The molecule has 20 heavy (non-hydrogen) atoms. The minimum absolute atomic E-state index is 0.311. The van der Waals surface area contributed by atoms with Crippen molar-refractivity contribution in [3.8, 4) is 22.4 Å². The Morgan fingerprint density at radius 3 is 2.65 bits per heavy atom. The van der Waals surface area contributed by atoms with E-state index in [0.29, 0.717) is 5.88 Å². The molecule has 0 amide bonds. The topological polar surface area (TPSA) is 64.9 Å². The highest BCUT2D eigenvalue weighted by Gasteiger charge is 2.19. The van der Waals surface area contributed by atoms with Gasteiger partial charge in [0.1, 0.15) is 5.69 Å². The molecule has 0 bridgehead atoms. The molecule has 0 saturated heterocycles. The Bertz CT molecular complexity index is 753. The maximum absolute atomic E-state index is 5.94. The lowest BCUT2D eigenvalue weighted by atomic mass is 9.99. The summed E-state index contributed by atoms with van der Waals surface area (Å²) in [7, 11) is 0. The number of benzene rings is 1. The van der Waals surface area contributed by atoms with E-state index in [1.807, 2.05) is 37.3 Å². The zero-order valence-corrected chi connectivity index (χ0v) is 12.4. The van der Waals surface area contributed by atoms with Crippen LogP contribution in [0.4, 0.5) is 5.88 Å². The molecule has 0 spiro atoms. The molecule has 4 nitrogen and oxygen atoms in total. The normalized spacial score (nSPS) is 10.7. The van der Waals surface area contributed by atoms with Gasteiger partial charge in [0.2, 0.25) is 5.88 Å². The molecule has 0 unspecified atom stereocenters. The van der Waals surface area contributed by atoms with Crippen LogP contribution in [0.1, 0.15) is 5.56 Å². The fraction of sp³-hybridized carbons (Fsp3) is 0.0667. The fourth-order valence-corrected chi connectivity index (χ4v) is 2.51. The number of anilines is 1. The Morgan fingerprint density at radius 2 is 1.90 bits per heavy atom. The fourth-order valence-electron chi connectivity index (χ4n) is 2.15. The summed E-state index contributed by atoms with van der Waals surface area (Å²) in [6, 6.07) is 9.74. The van der Waals surface area contributed by atoms with E-state index in [9.17, 15) is 0 Å². The van der Waals surface area contributed by atoms with Gasteiger partial charge in [0, 0.05) is 22.4 Å². The largest absolute Gasteiger partial charge is 0.367 e. The first-order chi connectivity index (χ1) is 9.68. The molecule has 3 rings (SSSR count). The molecule has 1 aromatic carbocycles. The van der Waals surface area contributed by atoms with Crippen molar-refractivity contribution >= 4 is 21.8 Å². The van der Waals surface area contributed by atoms with Crippen LogP contribution < -0.4 is 5.73 Å². The van der Waals surface area contributed by atoms with Crippen LogP contribution in [0.3, 0.4) is 0 Å². The van der Waals surface area contributed by atoms with Gasteiger partial charge in [-0.1, -0.05) is 33.2 Å². The Hall–Kier alpha value is -2.14. The highest BCUT2D eigenvalue weighted by atomic mass is 79.9. The van der Waals surface area contributed by atoms with E-state index < -0.39 is 0 Å². The minimum Gasteiger partial charge on any atom is -0.367 e. The highest BCUT2D eigenvalue weighted by molar-refractivity contribution is 9.10. The van der Waals surface area contributed by atoms with E-state index in [0.717, 1.165) is 32.4 Å². The molecule has 0 atom stereocenters. The predicted molar refractivity (Wildman–Crippen MR) is 82.0 cm³/mol. The summed E-state index contributed by atoms with van der Waals surface area (Å²) in [6.45, 7) is 2.03. The van der Waals surface area contributed by atoms with Gasteiger partial charge in [-0.05, 0) is 36.2 Å². The summed E-state index contributed by atoms with van der Waals surface area (Å²) in [6.07, 6.45) is 3.44. The monoisotopic (exact) mass is 329 g/mol. The Kier molecular flexibility index (Phi) is 3.28. The first-order valence-electron chi connectivity index (χ1n) is 6.09. The first-order valence-corrected chi connectivity index (χ1v) is 6.89. The number of nitrogen functional groups attached to an aromatic ring is 1. The van der Waals surface area contributed by atoms with Gasteiger partial charge in [-0.2, -0.15) is 0 Å². The smallest absolute Gasteiger partial charge is 0.230 e. The lowest BCUT2D eigenvalue weighted by Gasteiger charge is -2.07. The average Bonchev–Trinajstić information content (AvgIpc) is 2.84. The Morgan fingerprint density at radius 1 is 1.15 bits per heavy atom. The molecule has 2 heterocycles. The van der Waals surface area contributed by atoms with E-state index in [4.69, 9.17) is 10.3 Å². The second-order valence-electron chi connectivity index (χ2n) is 4.42. The molecule has 0 aliphatic heterocycles. The minimum atomic E-state index is 0.311. The van der Waals surface area contributed by atoms with Crippen molar-refractivity contribution in [1.29, 1.82) is 0 Å². The summed E-state index contributed by atoms with van der Waals surface area (Å²) < 4.78 is 6.22. The summed E-state index contributed by atoms with van der Waals surface area (Å²) in [5.74, 6) is 0.311. The zero-order chi connectivity index (χ0) is 14.1. The van der Waals surface area contributed by atoms with Crippen molar-refractivity contribution in [3.63, 3.8) is 0 Å². The van der Waals surface area contributed by atoms with Crippen LogP contribution in [0.25, 0.3) is 22.4 Å². The van der Waals surface area contributed by atoms with E-state index in [2.05, 4.69) is 26.1 Å². The van der Waals surface area contributed by atoms with E-state index in [1.165, 1.54) is 0 Å². The molecule has 0 fully saturated rings. The number of hydrogen-bond donors (Lipinski definition) is 1. The molecule has 100 valence electrons. The molecule has 2 aromatic heterocycles. The van der Waals surface area contributed by atoms with Crippen LogP contribution in [0.2, 0.25) is 0 Å². The number of halogens is 1. The maximum atomic E-state index is 5.94. The number of nitrogens with two attached hydrogens (primary N) is 1. The van der Waals surface area contributed by atoms with Gasteiger partial charge in [-0.3, -0.25) is 4.98 Å². The van der Waals surface area contributed by atoms with Gasteiger partial charge >= 0.3 is 0 Å². The quantitative estimate of drug-likeness (QED) is 0.770. The third-order valence-corrected chi connectivity index (χ3v) is 4.07. The summed E-state index contributed by atoms with van der Waals surface area (Å²) >= 11 is 3.53. The molecule has 0 aliphatic rings. The lowest BCUT2D eigenvalue weighted by molar-refractivity contribution is 0.439. The van der Waals surface area contributed by atoms with Crippen molar-refractivity contribution in [3.05, 3.63) is 52.8 Å². The van der Waals surface area contributed by atoms with Crippen LogP contribution in [0.5, 0.6) is 0 Å². The second kappa shape index (κ2) is 5.09. The molecular weight excluding hydrogens is 318 g/mol. The van der Waals surface area contributed by atoms with Crippen LogP contribution in [-0.4, -0.2) is 10.1 Å². The van der Waals surface area contributed by atoms with E-state index >= 15 is 0 Å². The Balaban J connectivity index is 2.24. The number of nitrogens with zero attached hydrogens (tertiary/aromatic N) is 2. The summed E-state index contributed by atoms with van der Waals surface area (Å²) in [5.41, 5.74) is 10.5. The van der Waals surface area contributed by atoms with Gasteiger partial charge in [0.15, 0.2) is 0 Å². The van der Waals surface area contributed by atoms with Crippen molar-refractivity contribution in [1.82, 2.24) is 10.1 Å².